The van der Waals surface area contributed by atoms with Crippen LogP contribution in [0.4, 0.5) is 0 Å². The van der Waals surface area contributed by atoms with Crippen LogP contribution >= 0.6 is 0 Å². The molecule has 0 aromatic rings. The van der Waals surface area contributed by atoms with Gasteiger partial charge in [-0.3, -0.25) is 4.79 Å². The van der Waals surface area contributed by atoms with Gasteiger partial charge in [-0.2, -0.15) is 5.26 Å². The van der Waals surface area contributed by atoms with E-state index in [1.165, 1.54) is 19.3 Å². The molecule has 3 heteroatoms. The van der Waals surface area contributed by atoms with E-state index in [0.717, 1.165) is 49.9 Å². The summed E-state index contributed by atoms with van der Waals surface area (Å²) < 4.78 is 0. The van der Waals surface area contributed by atoms with Crippen molar-refractivity contribution in [2.24, 2.45) is 23.2 Å². The van der Waals surface area contributed by atoms with Crippen LogP contribution in [-0.2, 0) is 4.79 Å². The number of amides is 1. The molecule has 0 saturated heterocycles. The molecular formula is C16H24N2O. The van der Waals surface area contributed by atoms with Crippen LogP contribution in [0.3, 0.4) is 0 Å². The summed E-state index contributed by atoms with van der Waals surface area (Å²) >= 11 is 0. The minimum atomic E-state index is -0.287. The van der Waals surface area contributed by atoms with Gasteiger partial charge >= 0.3 is 0 Å². The second-order valence-electron chi connectivity index (χ2n) is 7.14. The van der Waals surface area contributed by atoms with Crippen molar-refractivity contribution >= 4 is 5.91 Å². The Hall–Kier alpha value is -1.04. The normalized spacial score (nSPS) is 40.7. The van der Waals surface area contributed by atoms with Crippen LogP contribution in [-0.4, -0.2) is 11.9 Å². The maximum absolute atomic E-state index is 12.7. The summed E-state index contributed by atoms with van der Waals surface area (Å²) in [6.45, 7) is 2.06. The Morgan fingerprint density at radius 2 is 1.79 bits per heavy atom. The highest BCUT2D eigenvalue weighted by Gasteiger charge is 2.54. The van der Waals surface area contributed by atoms with Crippen molar-refractivity contribution in [1.29, 1.82) is 5.26 Å². The second kappa shape index (κ2) is 4.81. The molecule has 0 aliphatic heterocycles. The number of hydrogen-bond acceptors (Lipinski definition) is 2. The molecular weight excluding hydrogens is 236 g/mol. The molecule has 104 valence electrons. The maximum atomic E-state index is 12.7. The van der Waals surface area contributed by atoms with Crippen LogP contribution in [0.1, 0.15) is 58.3 Å². The number of nitrogens with one attached hydrogen (secondary N) is 1. The number of hydrogen-bond donors (Lipinski definition) is 1. The molecule has 4 rings (SSSR count). The minimum absolute atomic E-state index is 0.114. The Bertz CT molecular complexity index is 374. The van der Waals surface area contributed by atoms with Gasteiger partial charge in [0.15, 0.2) is 0 Å². The van der Waals surface area contributed by atoms with Crippen molar-refractivity contribution in [1.82, 2.24) is 5.32 Å². The second-order valence-corrected chi connectivity index (χ2v) is 7.14. The maximum Gasteiger partial charge on any atom is 0.227 e. The summed E-state index contributed by atoms with van der Waals surface area (Å²) in [5, 5.41) is 12.1. The van der Waals surface area contributed by atoms with Gasteiger partial charge in [-0.15, -0.1) is 0 Å². The molecule has 4 aliphatic carbocycles. The number of rotatable bonds is 4. The molecule has 0 aromatic carbocycles. The SMILES string of the molecule is CCCC(C#N)NC(=O)C12CC3CC(CC(C3)C1)C2. The van der Waals surface area contributed by atoms with Crippen molar-refractivity contribution in [3.8, 4) is 6.07 Å². The fraction of sp³-hybridized carbons (Fsp3) is 0.875. The van der Waals surface area contributed by atoms with E-state index in [9.17, 15) is 4.79 Å². The summed E-state index contributed by atoms with van der Waals surface area (Å²) in [5.41, 5.74) is -0.114. The molecule has 4 aliphatic rings. The lowest BCUT2D eigenvalue weighted by Crippen LogP contribution is -2.55. The fourth-order valence-electron chi connectivity index (χ4n) is 5.16. The lowest BCUT2D eigenvalue weighted by Gasteiger charge is -2.55. The zero-order chi connectivity index (χ0) is 13.5. The lowest BCUT2D eigenvalue weighted by atomic mass is 9.49. The van der Waals surface area contributed by atoms with E-state index < -0.39 is 0 Å². The van der Waals surface area contributed by atoms with Gasteiger partial charge in [0.2, 0.25) is 5.91 Å². The molecule has 4 saturated carbocycles. The van der Waals surface area contributed by atoms with Gasteiger partial charge in [0.05, 0.1) is 6.07 Å². The largest absolute Gasteiger partial charge is 0.340 e. The first-order chi connectivity index (χ1) is 9.15. The molecule has 4 fully saturated rings. The van der Waals surface area contributed by atoms with Gasteiger partial charge in [0, 0.05) is 5.41 Å². The summed E-state index contributed by atoms with van der Waals surface area (Å²) in [5.74, 6) is 2.53. The zero-order valence-corrected chi connectivity index (χ0v) is 11.8. The molecule has 0 aromatic heterocycles. The summed E-state index contributed by atoms with van der Waals surface area (Å²) in [4.78, 5) is 12.7. The van der Waals surface area contributed by atoms with E-state index in [2.05, 4.69) is 18.3 Å². The van der Waals surface area contributed by atoms with Crippen LogP contribution in [0.25, 0.3) is 0 Å². The highest BCUT2D eigenvalue weighted by Crippen LogP contribution is 2.60. The van der Waals surface area contributed by atoms with E-state index in [1.807, 2.05) is 0 Å². The molecule has 0 heterocycles. The van der Waals surface area contributed by atoms with Crippen molar-refractivity contribution in [3.63, 3.8) is 0 Å². The van der Waals surface area contributed by atoms with E-state index in [4.69, 9.17) is 5.26 Å². The number of carbonyl (C=O) groups is 1. The topological polar surface area (TPSA) is 52.9 Å². The number of carbonyl (C=O) groups excluding carboxylic acids is 1. The quantitative estimate of drug-likeness (QED) is 0.844. The smallest absolute Gasteiger partial charge is 0.227 e. The molecule has 0 spiro atoms. The first-order valence-electron chi connectivity index (χ1n) is 7.86. The molecule has 1 N–H and O–H groups in total. The average Bonchev–Trinajstić information content (AvgIpc) is 2.36. The van der Waals surface area contributed by atoms with Crippen molar-refractivity contribution in [2.45, 2.75) is 64.3 Å². The predicted molar refractivity (Wildman–Crippen MR) is 73.1 cm³/mol. The fourth-order valence-corrected chi connectivity index (χ4v) is 5.16. The molecule has 19 heavy (non-hydrogen) atoms. The van der Waals surface area contributed by atoms with E-state index in [0.29, 0.717) is 0 Å². The standard InChI is InChI=1S/C16H24N2O/c1-2-3-14(10-17)18-15(19)16-7-11-4-12(8-16)6-13(5-11)9-16/h11-14H,2-9H2,1H3,(H,18,19). The molecule has 4 bridgehead atoms. The molecule has 1 unspecified atom stereocenters. The van der Waals surface area contributed by atoms with E-state index in [-0.39, 0.29) is 17.4 Å². The first kappa shape index (κ1) is 13.0. The Labute approximate surface area is 115 Å². The summed E-state index contributed by atoms with van der Waals surface area (Å²) in [6, 6.07) is 1.95. The van der Waals surface area contributed by atoms with Gasteiger partial charge in [0.1, 0.15) is 6.04 Å². The Morgan fingerprint density at radius 3 is 2.21 bits per heavy atom. The van der Waals surface area contributed by atoms with Crippen molar-refractivity contribution in [3.05, 3.63) is 0 Å². The van der Waals surface area contributed by atoms with Gasteiger partial charge in [-0.25, -0.2) is 0 Å². The lowest BCUT2D eigenvalue weighted by molar-refractivity contribution is -0.146. The molecule has 0 radical (unpaired) electrons. The van der Waals surface area contributed by atoms with Crippen molar-refractivity contribution < 1.29 is 4.79 Å². The van der Waals surface area contributed by atoms with Gasteiger partial charge in [0.25, 0.3) is 0 Å². The van der Waals surface area contributed by atoms with Crippen LogP contribution in [0.5, 0.6) is 0 Å². The molecule has 1 atom stereocenters. The number of nitriles is 1. The third-order valence-electron chi connectivity index (χ3n) is 5.56. The van der Waals surface area contributed by atoms with Gasteiger partial charge in [-0.1, -0.05) is 13.3 Å². The highest BCUT2D eigenvalue weighted by atomic mass is 16.2. The van der Waals surface area contributed by atoms with Crippen LogP contribution in [0, 0.1) is 34.5 Å². The highest BCUT2D eigenvalue weighted by molar-refractivity contribution is 5.83. The Kier molecular flexibility index (Phi) is 3.28. The third-order valence-corrected chi connectivity index (χ3v) is 5.56. The average molecular weight is 260 g/mol. The Morgan fingerprint density at radius 1 is 1.26 bits per heavy atom. The van der Waals surface area contributed by atoms with E-state index in [1.54, 1.807) is 0 Å². The third kappa shape index (κ3) is 2.26. The first-order valence-corrected chi connectivity index (χ1v) is 7.86. The molecule has 3 nitrogen and oxygen atoms in total. The Balaban J connectivity index is 1.71. The monoisotopic (exact) mass is 260 g/mol. The predicted octanol–water partition coefficient (Wildman–Crippen LogP) is 3.01. The van der Waals surface area contributed by atoms with Crippen molar-refractivity contribution in [2.75, 3.05) is 0 Å². The van der Waals surface area contributed by atoms with Gasteiger partial charge in [-0.05, 0) is 62.7 Å². The van der Waals surface area contributed by atoms with Crippen LogP contribution in [0.2, 0.25) is 0 Å². The van der Waals surface area contributed by atoms with E-state index >= 15 is 0 Å². The molecule has 1 amide bonds. The van der Waals surface area contributed by atoms with Crippen LogP contribution in [0.15, 0.2) is 0 Å². The number of nitrogens with zero attached hydrogens (tertiary/aromatic N) is 1. The van der Waals surface area contributed by atoms with Crippen LogP contribution < -0.4 is 5.32 Å². The summed E-state index contributed by atoms with van der Waals surface area (Å²) in [7, 11) is 0. The summed E-state index contributed by atoms with van der Waals surface area (Å²) in [6.07, 6.45) is 9.00. The van der Waals surface area contributed by atoms with Gasteiger partial charge < -0.3 is 5.32 Å². The zero-order valence-electron chi connectivity index (χ0n) is 11.8. The minimum Gasteiger partial charge on any atom is -0.340 e.